The van der Waals surface area contributed by atoms with Gasteiger partial charge in [0, 0.05) is 19.3 Å². The Hall–Kier alpha value is -2.11. The molecule has 0 fully saturated rings. The fourth-order valence-electron chi connectivity index (χ4n) is 10.9. The van der Waals surface area contributed by atoms with Crippen molar-refractivity contribution in [1.82, 2.24) is 0 Å². The first kappa shape index (κ1) is 75.9. The molecular weight excluding hydrogens is 961 g/mol. The molecule has 6 heteroatoms. The second-order valence-corrected chi connectivity index (χ2v) is 24.2. The van der Waals surface area contributed by atoms with Crippen LogP contribution in [0.25, 0.3) is 0 Å². The lowest BCUT2D eigenvalue weighted by atomic mass is 10.0. The third kappa shape index (κ3) is 64.7. The number of esters is 3. The van der Waals surface area contributed by atoms with Gasteiger partial charge >= 0.3 is 17.9 Å². The molecule has 0 aromatic heterocycles. The van der Waals surface area contributed by atoms with Crippen LogP contribution >= 0.6 is 0 Å². The number of hydrogen-bond donors (Lipinski definition) is 0. The summed E-state index contributed by atoms with van der Waals surface area (Å²) < 4.78 is 17.0. The lowest BCUT2D eigenvalue weighted by molar-refractivity contribution is -0.167. The van der Waals surface area contributed by atoms with Crippen LogP contribution in [0, 0.1) is 0 Å². The first-order valence-corrected chi connectivity index (χ1v) is 35.3. The zero-order valence-corrected chi connectivity index (χ0v) is 53.0. The van der Waals surface area contributed by atoms with E-state index in [4.69, 9.17) is 14.2 Å². The van der Waals surface area contributed by atoms with Crippen LogP contribution in [0.3, 0.4) is 0 Å². The molecule has 0 spiro atoms. The van der Waals surface area contributed by atoms with Crippen LogP contribution < -0.4 is 0 Å². The highest BCUT2D eigenvalue weighted by Crippen LogP contribution is 2.19. The molecule has 6 nitrogen and oxygen atoms in total. The second-order valence-electron chi connectivity index (χ2n) is 24.2. The van der Waals surface area contributed by atoms with Gasteiger partial charge in [-0.05, 0) is 51.4 Å². The van der Waals surface area contributed by atoms with E-state index in [1.54, 1.807) is 0 Å². The Balaban J connectivity index is 4.28. The summed E-state index contributed by atoms with van der Waals surface area (Å²) in [4.78, 5) is 38.5. The van der Waals surface area contributed by atoms with E-state index in [1.165, 1.54) is 295 Å². The maximum Gasteiger partial charge on any atom is 0.306 e. The minimum absolute atomic E-state index is 0.0663. The lowest BCUT2D eigenvalue weighted by Gasteiger charge is -2.18. The van der Waals surface area contributed by atoms with E-state index in [0.29, 0.717) is 19.3 Å². The number of ether oxygens (including phenoxy) is 3. The van der Waals surface area contributed by atoms with E-state index in [0.717, 1.165) is 64.2 Å². The number of carbonyl (C=O) groups is 3. The monoisotopic (exact) mass is 1100 g/mol. The predicted molar refractivity (Wildman–Crippen MR) is 340 cm³/mol. The van der Waals surface area contributed by atoms with Gasteiger partial charge in [-0.25, -0.2) is 0 Å². The van der Waals surface area contributed by atoms with Gasteiger partial charge in [0.2, 0.25) is 0 Å². The summed E-state index contributed by atoms with van der Waals surface area (Å²) in [5.74, 6) is -0.836. The van der Waals surface area contributed by atoms with Crippen LogP contribution in [0.2, 0.25) is 0 Å². The van der Waals surface area contributed by atoms with Crippen molar-refractivity contribution in [3.8, 4) is 0 Å². The molecule has 0 saturated heterocycles. The van der Waals surface area contributed by atoms with E-state index in [2.05, 4.69) is 45.1 Å². The van der Waals surface area contributed by atoms with Gasteiger partial charge < -0.3 is 14.2 Å². The smallest absolute Gasteiger partial charge is 0.306 e. The van der Waals surface area contributed by atoms with Gasteiger partial charge in [-0.2, -0.15) is 0 Å². The maximum atomic E-state index is 13.0. The molecule has 0 bridgehead atoms. The molecule has 1 unspecified atom stereocenters. The first-order chi connectivity index (χ1) is 38.5. The van der Waals surface area contributed by atoms with Crippen LogP contribution in [0.5, 0.6) is 0 Å². The third-order valence-electron chi connectivity index (χ3n) is 16.2. The molecule has 0 heterocycles. The zero-order valence-electron chi connectivity index (χ0n) is 53.0. The molecule has 0 radical (unpaired) electrons. The number of rotatable bonds is 66. The van der Waals surface area contributed by atoms with E-state index in [-0.39, 0.29) is 31.1 Å². The second kappa shape index (κ2) is 67.4. The lowest BCUT2D eigenvalue weighted by Crippen LogP contribution is -2.30. The summed E-state index contributed by atoms with van der Waals surface area (Å²) in [6.07, 6.45) is 82.0. The molecule has 460 valence electrons. The Morgan fingerprint density at radius 3 is 0.705 bits per heavy atom. The average molecular weight is 1100 g/mol. The van der Waals surface area contributed by atoms with Gasteiger partial charge in [0.1, 0.15) is 13.2 Å². The molecule has 0 aliphatic carbocycles. The number of unbranched alkanes of at least 4 members (excludes halogenated alkanes) is 51. The molecule has 0 saturated carbocycles. The Morgan fingerprint density at radius 1 is 0.256 bits per heavy atom. The van der Waals surface area contributed by atoms with E-state index in [9.17, 15) is 14.4 Å². The summed E-state index contributed by atoms with van der Waals surface area (Å²) in [6, 6.07) is 0. The third-order valence-corrected chi connectivity index (χ3v) is 16.2. The molecule has 78 heavy (non-hydrogen) atoms. The SMILES string of the molecule is CCCCCCC/C=C\C/C=C\CCCCCCCCCCCC(=O)OC(COC(=O)CCCCCCCCCCCCCCCCCC)COC(=O)CCCCCCCCCCCCCCCCCCCCCCCCC. The highest BCUT2D eigenvalue weighted by atomic mass is 16.6. The van der Waals surface area contributed by atoms with Gasteiger partial charge in [0.25, 0.3) is 0 Å². The highest BCUT2D eigenvalue weighted by molar-refractivity contribution is 5.71. The number of carbonyl (C=O) groups excluding carboxylic acids is 3. The van der Waals surface area contributed by atoms with Crippen molar-refractivity contribution in [2.45, 2.75) is 406 Å². The molecule has 0 rings (SSSR count). The minimum atomic E-state index is -0.771. The van der Waals surface area contributed by atoms with Gasteiger partial charge in [0.15, 0.2) is 6.10 Å². The summed E-state index contributed by atoms with van der Waals surface area (Å²) >= 11 is 0. The fraction of sp³-hybridized carbons (Fsp3) is 0.903. The van der Waals surface area contributed by atoms with Crippen molar-refractivity contribution in [1.29, 1.82) is 0 Å². The topological polar surface area (TPSA) is 78.9 Å². The zero-order chi connectivity index (χ0) is 56.4. The molecule has 0 aliphatic heterocycles. The van der Waals surface area contributed by atoms with Crippen LogP contribution in [-0.4, -0.2) is 37.2 Å². The standard InChI is InChI=1S/C72H136O6/c1-4-7-10-13-16-19-22-25-28-31-33-35-36-38-39-41-44-47-50-53-56-59-62-65-71(74)77-68-69(67-76-70(73)64-61-58-55-52-49-46-43-30-27-24-21-18-15-12-9-6-3)78-72(75)66-63-60-57-54-51-48-45-42-40-37-34-32-29-26-23-20-17-14-11-8-5-2/h23,26,32,34,69H,4-22,24-25,27-31,33,35-68H2,1-3H3/b26-23-,34-32-. The average Bonchev–Trinajstić information content (AvgIpc) is 3.44. The highest BCUT2D eigenvalue weighted by Gasteiger charge is 2.19. The maximum absolute atomic E-state index is 13.0. The van der Waals surface area contributed by atoms with Crippen LogP contribution in [0.15, 0.2) is 24.3 Å². The molecular formula is C72H136O6. The normalized spacial score (nSPS) is 12.1. The molecule has 0 aliphatic rings. The Kier molecular flexibility index (Phi) is 65.6. The molecule has 0 aromatic rings. The molecule has 0 N–H and O–H groups in total. The van der Waals surface area contributed by atoms with Crippen molar-refractivity contribution in [3.05, 3.63) is 24.3 Å². The Morgan fingerprint density at radius 2 is 0.462 bits per heavy atom. The largest absolute Gasteiger partial charge is 0.462 e. The summed E-state index contributed by atoms with van der Waals surface area (Å²) in [6.45, 7) is 6.72. The van der Waals surface area contributed by atoms with E-state index >= 15 is 0 Å². The van der Waals surface area contributed by atoms with E-state index < -0.39 is 6.10 Å². The van der Waals surface area contributed by atoms with Crippen LogP contribution in [-0.2, 0) is 28.6 Å². The Bertz CT molecular complexity index is 1260. The van der Waals surface area contributed by atoms with Crippen molar-refractivity contribution < 1.29 is 28.6 Å². The fourth-order valence-corrected chi connectivity index (χ4v) is 10.9. The number of hydrogen-bond acceptors (Lipinski definition) is 6. The predicted octanol–water partition coefficient (Wildman–Crippen LogP) is 24.2. The number of allylic oxidation sites excluding steroid dienone is 4. The first-order valence-electron chi connectivity index (χ1n) is 35.3. The minimum Gasteiger partial charge on any atom is -0.462 e. The van der Waals surface area contributed by atoms with Crippen molar-refractivity contribution in [2.24, 2.45) is 0 Å². The van der Waals surface area contributed by atoms with Gasteiger partial charge in [-0.15, -0.1) is 0 Å². The molecule has 0 amide bonds. The van der Waals surface area contributed by atoms with Crippen LogP contribution in [0.1, 0.15) is 400 Å². The summed E-state index contributed by atoms with van der Waals surface area (Å²) in [5, 5.41) is 0. The summed E-state index contributed by atoms with van der Waals surface area (Å²) in [5.41, 5.74) is 0. The van der Waals surface area contributed by atoms with Gasteiger partial charge in [0.05, 0.1) is 0 Å². The summed E-state index contributed by atoms with van der Waals surface area (Å²) in [7, 11) is 0. The Labute approximate surface area is 487 Å². The van der Waals surface area contributed by atoms with Gasteiger partial charge in [-0.1, -0.05) is 353 Å². The van der Waals surface area contributed by atoms with Gasteiger partial charge in [-0.3, -0.25) is 14.4 Å². The molecule has 1 atom stereocenters. The van der Waals surface area contributed by atoms with Crippen molar-refractivity contribution in [3.63, 3.8) is 0 Å². The molecule has 0 aromatic carbocycles. The van der Waals surface area contributed by atoms with Crippen LogP contribution in [0.4, 0.5) is 0 Å². The quantitative estimate of drug-likeness (QED) is 0.0261. The van der Waals surface area contributed by atoms with Crippen molar-refractivity contribution in [2.75, 3.05) is 13.2 Å². The van der Waals surface area contributed by atoms with Crippen molar-refractivity contribution >= 4 is 17.9 Å². The van der Waals surface area contributed by atoms with E-state index in [1.807, 2.05) is 0 Å².